The summed E-state index contributed by atoms with van der Waals surface area (Å²) in [5.41, 5.74) is 3.06. The molecule has 1 aliphatic rings. The Balaban J connectivity index is 2.08. The normalized spacial score (nSPS) is 19.8. The molecule has 1 fully saturated rings. The Bertz CT molecular complexity index is 1130. The number of carbonyl (C=O) groups excluding carboxylic acids is 2. The molecule has 2 aromatic rings. The monoisotopic (exact) mass is 442 g/mol. The minimum Gasteiger partial charge on any atom is -0.399 e. The fraction of sp³-hybridized carbons (Fsp3) is 0.222. The van der Waals surface area contributed by atoms with E-state index in [0.29, 0.717) is 5.56 Å². The van der Waals surface area contributed by atoms with Crippen LogP contribution in [0.5, 0.6) is 0 Å². The molecule has 3 rings (SSSR count). The van der Waals surface area contributed by atoms with Crippen LogP contribution in [0.15, 0.2) is 47.4 Å². The maximum absolute atomic E-state index is 14.0. The minimum atomic E-state index is -5.48. The van der Waals surface area contributed by atoms with Crippen molar-refractivity contribution in [3.63, 3.8) is 0 Å². The number of aryl methyl sites for hydroxylation is 2. The van der Waals surface area contributed by atoms with Crippen LogP contribution in [0.3, 0.4) is 0 Å². The number of sulfonamides is 1. The SMILES string of the molecule is Cc1ccc(N2C(=O)N[C@@](NS(=O)(=O)c3ccc(N)cc3)(C(F)(F)F)C2=O)cc1C. The van der Waals surface area contributed by atoms with Gasteiger partial charge in [-0.25, -0.2) is 18.1 Å². The zero-order valence-electron chi connectivity index (χ0n) is 15.7. The van der Waals surface area contributed by atoms with Gasteiger partial charge >= 0.3 is 12.2 Å². The van der Waals surface area contributed by atoms with Gasteiger partial charge < -0.3 is 11.1 Å². The highest BCUT2D eigenvalue weighted by molar-refractivity contribution is 7.89. The van der Waals surface area contributed by atoms with Crippen molar-refractivity contribution in [2.24, 2.45) is 0 Å². The van der Waals surface area contributed by atoms with Gasteiger partial charge in [0.15, 0.2) is 0 Å². The summed E-state index contributed by atoms with van der Waals surface area (Å²) in [5, 5.41) is 1.47. The lowest BCUT2D eigenvalue weighted by Gasteiger charge is -2.29. The van der Waals surface area contributed by atoms with Crippen molar-refractivity contribution in [3.8, 4) is 0 Å². The topological polar surface area (TPSA) is 122 Å². The molecule has 1 aliphatic heterocycles. The van der Waals surface area contributed by atoms with Crippen LogP contribution >= 0.6 is 0 Å². The summed E-state index contributed by atoms with van der Waals surface area (Å²) in [6.45, 7) is 3.39. The van der Waals surface area contributed by atoms with Crippen molar-refractivity contribution in [1.82, 2.24) is 10.0 Å². The molecule has 1 saturated heterocycles. The Hall–Kier alpha value is -3.12. The zero-order valence-corrected chi connectivity index (χ0v) is 16.6. The quantitative estimate of drug-likeness (QED) is 0.495. The molecular weight excluding hydrogens is 425 g/mol. The molecule has 12 heteroatoms. The van der Waals surface area contributed by atoms with E-state index in [0.717, 1.165) is 17.7 Å². The summed E-state index contributed by atoms with van der Waals surface area (Å²) in [7, 11) is -4.87. The van der Waals surface area contributed by atoms with Gasteiger partial charge in [-0.15, -0.1) is 0 Å². The Kier molecular flexibility index (Phi) is 5.03. The molecule has 4 N–H and O–H groups in total. The van der Waals surface area contributed by atoms with E-state index in [1.807, 2.05) is 0 Å². The molecule has 0 saturated carbocycles. The molecule has 2 aromatic carbocycles. The summed E-state index contributed by atoms with van der Waals surface area (Å²) in [6, 6.07) is 7.05. The van der Waals surface area contributed by atoms with Gasteiger partial charge in [0, 0.05) is 5.69 Å². The van der Waals surface area contributed by atoms with E-state index in [9.17, 15) is 31.2 Å². The first-order chi connectivity index (χ1) is 13.8. The molecule has 0 radical (unpaired) electrons. The van der Waals surface area contributed by atoms with Crippen molar-refractivity contribution in [2.75, 3.05) is 10.6 Å². The van der Waals surface area contributed by atoms with E-state index in [1.165, 1.54) is 40.4 Å². The minimum absolute atomic E-state index is 0.126. The van der Waals surface area contributed by atoms with Crippen molar-refractivity contribution in [3.05, 3.63) is 53.6 Å². The van der Waals surface area contributed by atoms with E-state index in [1.54, 1.807) is 13.8 Å². The number of hydrogen-bond acceptors (Lipinski definition) is 5. The van der Waals surface area contributed by atoms with Gasteiger partial charge in [0.25, 0.3) is 11.6 Å². The summed E-state index contributed by atoms with van der Waals surface area (Å²) >= 11 is 0. The van der Waals surface area contributed by atoms with E-state index in [-0.39, 0.29) is 16.3 Å². The van der Waals surface area contributed by atoms with Gasteiger partial charge in [-0.05, 0) is 61.4 Å². The van der Waals surface area contributed by atoms with Crippen LogP contribution in [0.1, 0.15) is 11.1 Å². The second-order valence-corrected chi connectivity index (χ2v) is 8.44. The number of anilines is 2. The number of urea groups is 1. The van der Waals surface area contributed by atoms with Gasteiger partial charge in [-0.3, -0.25) is 4.79 Å². The highest BCUT2D eigenvalue weighted by Gasteiger charge is 2.69. The fourth-order valence-electron chi connectivity index (χ4n) is 2.86. The van der Waals surface area contributed by atoms with Crippen LogP contribution < -0.4 is 20.7 Å². The molecule has 0 aliphatic carbocycles. The Morgan fingerprint density at radius 2 is 1.63 bits per heavy atom. The van der Waals surface area contributed by atoms with Crippen LogP contribution in [0.4, 0.5) is 29.3 Å². The smallest absolute Gasteiger partial charge is 0.399 e. The van der Waals surface area contributed by atoms with Gasteiger partial charge in [0.05, 0.1) is 10.6 Å². The number of carbonyl (C=O) groups is 2. The predicted octanol–water partition coefficient (Wildman–Crippen LogP) is 2.18. The molecular formula is C18H17F3N4O4S. The third-order valence-electron chi connectivity index (χ3n) is 4.67. The number of alkyl halides is 3. The van der Waals surface area contributed by atoms with Gasteiger partial charge in [0.1, 0.15) is 0 Å². The number of imide groups is 1. The van der Waals surface area contributed by atoms with Crippen LogP contribution in [0.25, 0.3) is 0 Å². The van der Waals surface area contributed by atoms with Crippen molar-refractivity contribution >= 4 is 33.3 Å². The summed E-state index contributed by atoms with van der Waals surface area (Å²) < 4.78 is 68.4. The predicted molar refractivity (Wildman–Crippen MR) is 102 cm³/mol. The number of hydrogen-bond donors (Lipinski definition) is 3. The van der Waals surface area contributed by atoms with E-state index >= 15 is 0 Å². The zero-order chi connectivity index (χ0) is 22.5. The second-order valence-electron chi connectivity index (χ2n) is 6.76. The number of amides is 3. The largest absolute Gasteiger partial charge is 0.435 e. The maximum Gasteiger partial charge on any atom is 0.435 e. The Morgan fingerprint density at radius 1 is 1.03 bits per heavy atom. The Labute approximate surface area is 169 Å². The molecule has 3 amide bonds. The first-order valence-electron chi connectivity index (χ1n) is 8.49. The number of halogens is 3. The molecule has 0 unspecified atom stereocenters. The van der Waals surface area contributed by atoms with Crippen LogP contribution in [-0.4, -0.2) is 32.2 Å². The average molecular weight is 442 g/mol. The first-order valence-corrected chi connectivity index (χ1v) is 9.97. The summed E-state index contributed by atoms with van der Waals surface area (Å²) in [6.07, 6.45) is -5.48. The lowest BCUT2D eigenvalue weighted by atomic mass is 10.1. The highest BCUT2D eigenvalue weighted by atomic mass is 32.2. The molecule has 1 heterocycles. The number of benzene rings is 2. The molecule has 0 aromatic heterocycles. The fourth-order valence-corrected chi connectivity index (χ4v) is 4.12. The lowest BCUT2D eigenvalue weighted by molar-refractivity contribution is -0.194. The molecule has 0 bridgehead atoms. The van der Waals surface area contributed by atoms with Gasteiger partial charge in [-0.1, -0.05) is 6.07 Å². The molecule has 1 atom stereocenters. The molecule has 8 nitrogen and oxygen atoms in total. The van der Waals surface area contributed by atoms with Crippen LogP contribution in [0, 0.1) is 13.8 Å². The number of nitrogen functional groups attached to an aromatic ring is 1. The van der Waals surface area contributed by atoms with Crippen LogP contribution in [0.2, 0.25) is 0 Å². The van der Waals surface area contributed by atoms with Crippen molar-refractivity contribution in [1.29, 1.82) is 0 Å². The molecule has 30 heavy (non-hydrogen) atoms. The third kappa shape index (κ3) is 3.48. The second kappa shape index (κ2) is 6.99. The number of nitrogens with zero attached hydrogens (tertiary/aromatic N) is 1. The Morgan fingerprint density at radius 3 is 2.17 bits per heavy atom. The summed E-state index contributed by atoms with van der Waals surface area (Å²) in [5.74, 6) is -1.82. The van der Waals surface area contributed by atoms with Crippen molar-refractivity contribution < 1.29 is 31.2 Å². The van der Waals surface area contributed by atoms with Gasteiger partial charge in [0.2, 0.25) is 10.0 Å². The first kappa shape index (κ1) is 21.6. The number of rotatable bonds is 4. The molecule has 0 spiro atoms. The van der Waals surface area contributed by atoms with E-state index < -0.39 is 38.7 Å². The van der Waals surface area contributed by atoms with Crippen LogP contribution in [-0.2, 0) is 14.8 Å². The van der Waals surface area contributed by atoms with E-state index in [4.69, 9.17) is 5.73 Å². The van der Waals surface area contributed by atoms with Gasteiger partial charge in [-0.2, -0.15) is 17.9 Å². The van der Waals surface area contributed by atoms with Crippen molar-refractivity contribution in [2.45, 2.75) is 30.6 Å². The summed E-state index contributed by atoms with van der Waals surface area (Å²) in [4.78, 5) is 24.9. The highest BCUT2D eigenvalue weighted by Crippen LogP contribution is 2.37. The average Bonchev–Trinajstić information content (AvgIpc) is 2.88. The van der Waals surface area contributed by atoms with E-state index in [2.05, 4.69) is 0 Å². The standard InChI is InChI=1S/C18H17F3N4O4S/c1-10-3-6-13(9-11(10)2)25-15(26)17(18(19,20)21,23-16(25)27)24-30(28,29)14-7-4-12(22)5-8-14/h3-9,24H,22H2,1-2H3,(H,23,27)/t17-/m0/s1. The number of nitrogens with two attached hydrogens (primary N) is 1. The lowest BCUT2D eigenvalue weighted by Crippen LogP contribution is -2.69. The maximum atomic E-state index is 14.0. The molecule has 160 valence electrons. The third-order valence-corrected chi connectivity index (χ3v) is 6.14. The number of nitrogens with one attached hydrogen (secondary N) is 2.